The minimum absolute atomic E-state index is 0.245. The van der Waals surface area contributed by atoms with E-state index in [9.17, 15) is 9.59 Å². The summed E-state index contributed by atoms with van der Waals surface area (Å²) in [5.41, 5.74) is -0.465. The second-order valence-corrected chi connectivity index (χ2v) is 4.71. The molecule has 2 saturated carbocycles. The summed E-state index contributed by atoms with van der Waals surface area (Å²) in [5, 5.41) is 0. The molecule has 0 saturated heterocycles. The van der Waals surface area contributed by atoms with Crippen LogP contribution < -0.4 is 0 Å². The van der Waals surface area contributed by atoms with E-state index < -0.39 is 5.41 Å². The van der Waals surface area contributed by atoms with Crippen molar-refractivity contribution in [3.05, 3.63) is 0 Å². The highest BCUT2D eigenvalue weighted by Crippen LogP contribution is 2.59. The smallest absolute Gasteiger partial charge is 0.146 e. The summed E-state index contributed by atoms with van der Waals surface area (Å²) in [5.74, 6) is 0.896. The van der Waals surface area contributed by atoms with Gasteiger partial charge in [0, 0.05) is 12.8 Å². The number of carbonyl (C=O) groups excluding carboxylic acids is 2. The molecule has 78 valence electrons. The molecule has 14 heavy (non-hydrogen) atoms. The standard InChI is InChI=1S/C12H18O2/c1-2-3-5-9-8-12(9)10(13)6-4-7-11(12)14/h9H,2-8H2,1H3. The van der Waals surface area contributed by atoms with Gasteiger partial charge in [0.1, 0.15) is 11.6 Å². The van der Waals surface area contributed by atoms with Crippen LogP contribution >= 0.6 is 0 Å². The molecule has 1 unspecified atom stereocenters. The van der Waals surface area contributed by atoms with Gasteiger partial charge in [-0.05, 0) is 25.2 Å². The van der Waals surface area contributed by atoms with Crippen molar-refractivity contribution in [2.45, 2.75) is 51.9 Å². The van der Waals surface area contributed by atoms with Crippen molar-refractivity contribution in [1.82, 2.24) is 0 Å². The molecule has 0 bridgehead atoms. The largest absolute Gasteiger partial charge is 0.299 e. The maximum atomic E-state index is 11.7. The van der Waals surface area contributed by atoms with Crippen LogP contribution in [0.1, 0.15) is 51.9 Å². The van der Waals surface area contributed by atoms with E-state index in [-0.39, 0.29) is 11.6 Å². The molecule has 2 heteroatoms. The Kier molecular flexibility index (Phi) is 2.46. The average Bonchev–Trinajstić information content (AvgIpc) is 2.88. The molecule has 1 spiro atoms. The first kappa shape index (κ1) is 9.88. The van der Waals surface area contributed by atoms with E-state index in [0.717, 1.165) is 32.1 Å². The Labute approximate surface area is 85.1 Å². The molecule has 0 radical (unpaired) electrons. The Morgan fingerprint density at radius 1 is 1.29 bits per heavy atom. The first-order valence-corrected chi connectivity index (χ1v) is 5.78. The lowest BCUT2D eigenvalue weighted by molar-refractivity contribution is -0.138. The topological polar surface area (TPSA) is 34.1 Å². The highest BCUT2D eigenvalue weighted by molar-refractivity contribution is 6.12. The van der Waals surface area contributed by atoms with Crippen molar-refractivity contribution < 1.29 is 9.59 Å². The maximum absolute atomic E-state index is 11.7. The van der Waals surface area contributed by atoms with E-state index in [1.165, 1.54) is 0 Å². The van der Waals surface area contributed by atoms with Gasteiger partial charge in [0.05, 0.1) is 5.41 Å². The minimum atomic E-state index is -0.465. The van der Waals surface area contributed by atoms with Crippen LogP contribution in [0.15, 0.2) is 0 Å². The van der Waals surface area contributed by atoms with Crippen molar-refractivity contribution in [3.8, 4) is 0 Å². The van der Waals surface area contributed by atoms with Crippen LogP contribution in [0.5, 0.6) is 0 Å². The molecule has 0 aliphatic heterocycles. The van der Waals surface area contributed by atoms with Gasteiger partial charge in [-0.25, -0.2) is 0 Å². The maximum Gasteiger partial charge on any atom is 0.146 e. The van der Waals surface area contributed by atoms with Gasteiger partial charge in [-0.3, -0.25) is 9.59 Å². The van der Waals surface area contributed by atoms with E-state index in [2.05, 4.69) is 6.92 Å². The normalized spacial score (nSPS) is 29.6. The lowest BCUT2D eigenvalue weighted by Gasteiger charge is -2.19. The average molecular weight is 194 g/mol. The number of rotatable bonds is 3. The summed E-state index contributed by atoms with van der Waals surface area (Å²) in [6, 6.07) is 0. The summed E-state index contributed by atoms with van der Waals surface area (Å²) in [4.78, 5) is 23.5. The molecular formula is C12H18O2. The summed E-state index contributed by atoms with van der Waals surface area (Å²) in [6.07, 6.45) is 6.35. The van der Waals surface area contributed by atoms with Crippen LogP contribution in [0.4, 0.5) is 0 Å². The molecule has 0 aromatic carbocycles. The predicted molar refractivity (Wildman–Crippen MR) is 53.9 cm³/mol. The SMILES string of the molecule is CCCCC1CC12C(=O)CCCC2=O. The summed E-state index contributed by atoms with van der Waals surface area (Å²) in [6.45, 7) is 2.15. The molecule has 0 amide bonds. The second-order valence-electron chi connectivity index (χ2n) is 4.71. The first-order chi connectivity index (χ1) is 6.71. The van der Waals surface area contributed by atoms with Crippen LogP contribution in [0.25, 0.3) is 0 Å². The zero-order valence-corrected chi connectivity index (χ0v) is 8.84. The van der Waals surface area contributed by atoms with Gasteiger partial charge in [0.25, 0.3) is 0 Å². The monoisotopic (exact) mass is 194 g/mol. The number of hydrogen-bond donors (Lipinski definition) is 0. The fourth-order valence-electron chi connectivity index (χ4n) is 2.82. The first-order valence-electron chi connectivity index (χ1n) is 5.78. The molecule has 2 aliphatic rings. The van der Waals surface area contributed by atoms with Gasteiger partial charge in [-0.15, -0.1) is 0 Å². The van der Waals surface area contributed by atoms with Gasteiger partial charge < -0.3 is 0 Å². The van der Waals surface area contributed by atoms with Crippen LogP contribution in [-0.2, 0) is 9.59 Å². The third-order valence-corrected chi connectivity index (χ3v) is 3.81. The van der Waals surface area contributed by atoms with E-state index in [4.69, 9.17) is 0 Å². The Morgan fingerprint density at radius 2 is 1.93 bits per heavy atom. The van der Waals surface area contributed by atoms with Gasteiger partial charge in [0.15, 0.2) is 0 Å². The predicted octanol–water partition coefficient (Wildman–Crippen LogP) is 2.51. The lowest BCUT2D eigenvalue weighted by Crippen LogP contribution is -2.32. The molecule has 2 aliphatic carbocycles. The molecule has 0 N–H and O–H groups in total. The molecule has 2 rings (SSSR count). The number of carbonyl (C=O) groups is 2. The lowest BCUT2D eigenvalue weighted by atomic mass is 9.81. The Bertz CT molecular complexity index is 251. The quantitative estimate of drug-likeness (QED) is 0.647. The molecule has 0 heterocycles. The van der Waals surface area contributed by atoms with Gasteiger partial charge in [0.2, 0.25) is 0 Å². The van der Waals surface area contributed by atoms with Crippen molar-refractivity contribution >= 4 is 11.6 Å². The number of hydrogen-bond acceptors (Lipinski definition) is 2. The molecular weight excluding hydrogens is 176 g/mol. The van der Waals surface area contributed by atoms with Gasteiger partial charge in [-0.1, -0.05) is 19.8 Å². The number of ketones is 2. The van der Waals surface area contributed by atoms with Crippen LogP contribution in [0, 0.1) is 11.3 Å². The summed E-state index contributed by atoms with van der Waals surface area (Å²) < 4.78 is 0. The van der Waals surface area contributed by atoms with Crippen molar-refractivity contribution in [2.75, 3.05) is 0 Å². The molecule has 2 nitrogen and oxygen atoms in total. The fraction of sp³-hybridized carbons (Fsp3) is 0.833. The summed E-state index contributed by atoms with van der Waals surface area (Å²) >= 11 is 0. The Hall–Kier alpha value is -0.660. The number of unbranched alkanes of at least 4 members (excludes halogenated alkanes) is 1. The van der Waals surface area contributed by atoms with E-state index >= 15 is 0 Å². The Morgan fingerprint density at radius 3 is 2.50 bits per heavy atom. The molecule has 1 atom stereocenters. The van der Waals surface area contributed by atoms with Crippen molar-refractivity contribution in [3.63, 3.8) is 0 Å². The highest BCUT2D eigenvalue weighted by Gasteiger charge is 2.63. The van der Waals surface area contributed by atoms with E-state index in [1.54, 1.807) is 0 Å². The molecule has 0 aromatic heterocycles. The second kappa shape index (κ2) is 3.48. The van der Waals surface area contributed by atoms with Crippen LogP contribution in [-0.4, -0.2) is 11.6 Å². The zero-order valence-electron chi connectivity index (χ0n) is 8.84. The fourth-order valence-corrected chi connectivity index (χ4v) is 2.82. The van der Waals surface area contributed by atoms with E-state index in [1.807, 2.05) is 0 Å². The highest BCUT2D eigenvalue weighted by atomic mass is 16.2. The van der Waals surface area contributed by atoms with Gasteiger partial charge in [-0.2, -0.15) is 0 Å². The van der Waals surface area contributed by atoms with Crippen molar-refractivity contribution in [1.29, 1.82) is 0 Å². The van der Waals surface area contributed by atoms with Crippen LogP contribution in [0.3, 0.4) is 0 Å². The Balaban J connectivity index is 2.02. The molecule has 0 aromatic rings. The minimum Gasteiger partial charge on any atom is -0.299 e. The number of Topliss-reactive ketones (excluding diaryl/α,β-unsaturated/α-hetero) is 2. The van der Waals surface area contributed by atoms with Crippen LogP contribution in [0.2, 0.25) is 0 Å². The third-order valence-electron chi connectivity index (χ3n) is 3.81. The summed E-state index contributed by atoms with van der Waals surface area (Å²) in [7, 11) is 0. The van der Waals surface area contributed by atoms with Gasteiger partial charge >= 0.3 is 0 Å². The molecule has 2 fully saturated rings. The third kappa shape index (κ3) is 1.32. The zero-order chi connectivity index (χ0) is 10.2. The van der Waals surface area contributed by atoms with Crippen molar-refractivity contribution in [2.24, 2.45) is 11.3 Å². The van der Waals surface area contributed by atoms with E-state index in [0.29, 0.717) is 18.8 Å².